The maximum absolute atomic E-state index is 6.04. The largest absolute Gasteiger partial charge is 0.464 e. The van der Waals surface area contributed by atoms with Crippen LogP contribution in [0, 0.1) is 0 Å². The van der Waals surface area contributed by atoms with Gasteiger partial charge in [0, 0.05) is 11.3 Å². The van der Waals surface area contributed by atoms with Gasteiger partial charge in [-0.2, -0.15) is 0 Å². The van der Waals surface area contributed by atoms with E-state index in [1.54, 1.807) is 6.26 Å². The fourth-order valence-corrected chi connectivity index (χ4v) is 1.73. The van der Waals surface area contributed by atoms with Gasteiger partial charge in [-0.25, -0.2) is 0 Å². The zero-order valence-corrected chi connectivity index (χ0v) is 7.69. The average molecular weight is 201 g/mol. The molecule has 0 amide bonds. The number of furan rings is 1. The summed E-state index contributed by atoms with van der Waals surface area (Å²) < 4.78 is 5.17. The van der Waals surface area contributed by atoms with E-state index in [2.05, 4.69) is 0 Å². The van der Waals surface area contributed by atoms with E-state index in [1.807, 2.05) is 18.2 Å². The van der Waals surface area contributed by atoms with E-state index < -0.39 is 0 Å². The maximum atomic E-state index is 6.04. The Morgan fingerprint density at radius 1 is 1.25 bits per heavy atom. The molecule has 0 bridgehead atoms. The molecule has 3 heteroatoms. The highest BCUT2D eigenvalue weighted by Crippen LogP contribution is 2.28. The highest BCUT2D eigenvalue weighted by Gasteiger charge is 2.05. The van der Waals surface area contributed by atoms with Crippen LogP contribution in [0.3, 0.4) is 0 Å². The molecule has 0 N–H and O–H groups in total. The minimum absolute atomic E-state index is 0.431. The zero-order chi connectivity index (χ0) is 8.55. The Balaban J connectivity index is 2.78. The topological polar surface area (TPSA) is 13.1 Å². The summed E-state index contributed by atoms with van der Waals surface area (Å²) in [4.78, 5) is 0. The molecule has 1 heterocycles. The molecular weight excluding hydrogens is 195 g/mol. The third kappa shape index (κ3) is 1.10. The lowest BCUT2D eigenvalue weighted by atomic mass is 10.2. The Kier molecular flexibility index (Phi) is 1.99. The van der Waals surface area contributed by atoms with Crippen molar-refractivity contribution >= 4 is 34.2 Å². The second kappa shape index (κ2) is 3.00. The van der Waals surface area contributed by atoms with Crippen molar-refractivity contribution in [3.8, 4) is 0 Å². The van der Waals surface area contributed by atoms with Crippen molar-refractivity contribution in [1.29, 1.82) is 0 Å². The summed E-state index contributed by atoms with van der Waals surface area (Å²) in [5.41, 5.74) is 1.74. The standard InChI is InChI=1S/C9H6Cl2O/c10-5-6-1-2-8-7(9(6)11)3-4-12-8/h1-4H,5H2. The lowest BCUT2D eigenvalue weighted by Crippen LogP contribution is -1.79. The molecule has 2 rings (SSSR count). The molecule has 0 saturated carbocycles. The van der Waals surface area contributed by atoms with E-state index in [0.29, 0.717) is 10.9 Å². The van der Waals surface area contributed by atoms with Gasteiger partial charge in [-0.3, -0.25) is 0 Å². The van der Waals surface area contributed by atoms with Gasteiger partial charge in [0.2, 0.25) is 0 Å². The second-order valence-corrected chi connectivity index (χ2v) is 3.15. The molecule has 0 spiro atoms. The third-order valence-electron chi connectivity index (χ3n) is 1.79. The molecule has 0 unspecified atom stereocenters. The van der Waals surface area contributed by atoms with Gasteiger partial charge in [-0.1, -0.05) is 17.7 Å². The Hall–Kier alpha value is -0.660. The molecule has 1 aromatic carbocycles. The molecule has 2 aromatic rings. The van der Waals surface area contributed by atoms with Crippen molar-refractivity contribution in [3.63, 3.8) is 0 Å². The molecule has 62 valence electrons. The van der Waals surface area contributed by atoms with Crippen LogP contribution < -0.4 is 0 Å². The smallest absolute Gasteiger partial charge is 0.135 e. The summed E-state index contributed by atoms with van der Waals surface area (Å²) >= 11 is 11.7. The fraction of sp³-hybridized carbons (Fsp3) is 0.111. The van der Waals surface area contributed by atoms with Crippen LogP contribution in [-0.4, -0.2) is 0 Å². The number of hydrogen-bond donors (Lipinski definition) is 0. The van der Waals surface area contributed by atoms with Gasteiger partial charge >= 0.3 is 0 Å². The molecule has 0 aliphatic carbocycles. The summed E-state index contributed by atoms with van der Waals surface area (Å²) in [6, 6.07) is 5.59. The monoisotopic (exact) mass is 200 g/mol. The molecule has 12 heavy (non-hydrogen) atoms. The number of hydrogen-bond acceptors (Lipinski definition) is 1. The van der Waals surface area contributed by atoms with E-state index >= 15 is 0 Å². The molecule has 0 aliphatic heterocycles. The van der Waals surface area contributed by atoms with Crippen LogP contribution in [-0.2, 0) is 5.88 Å². The van der Waals surface area contributed by atoms with Gasteiger partial charge in [-0.15, -0.1) is 11.6 Å². The molecule has 1 nitrogen and oxygen atoms in total. The quantitative estimate of drug-likeness (QED) is 0.639. The van der Waals surface area contributed by atoms with E-state index in [1.165, 1.54) is 0 Å². The van der Waals surface area contributed by atoms with Gasteiger partial charge in [0.25, 0.3) is 0 Å². The SMILES string of the molecule is ClCc1ccc2occc2c1Cl. The van der Waals surface area contributed by atoms with Gasteiger partial charge < -0.3 is 4.42 Å². The first-order valence-electron chi connectivity index (χ1n) is 3.53. The van der Waals surface area contributed by atoms with Gasteiger partial charge in [0.05, 0.1) is 11.3 Å². The summed E-state index contributed by atoms with van der Waals surface area (Å²) in [5.74, 6) is 0.431. The molecule has 0 fully saturated rings. The summed E-state index contributed by atoms with van der Waals surface area (Å²) in [7, 11) is 0. The third-order valence-corrected chi connectivity index (χ3v) is 2.53. The molecule has 1 aromatic heterocycles. The molecule has 0 aliphatic rings. The molecular formula is C9H6Cl2O. The minimum Gasteiger partial charge on any atom is -0.464 e. The van der Waals surface area contributed by atoms with Crippen molar-refractivity contribution in [2.75, 3.05) is 0 Å². The first-order valence-corrected chi connectivity index (χ1v) is 4.44. The Bertz CT molecular complexity index is 406. The summed E-state index contributed by atoms with van der Waals surface area (Å²) in [6.07, 6.45) is 1.62. The average Bonchev–Trinajstić information content (AvgIpc) is 2.53. The summed E-state index contributed by atoms with van der Waals surface area (Å²) in [5, 5.41) is 1.62. The van der Waals surface area contributed by atoms with Crippen molar-refractivity contribution < 1.29 is 4.42 Å². The Labute approximate surface area is 79.9 Å². The van der Waals surface area contributed by atoms with Crippen LogP contribution in [0.1, 0.15) is 5.56 Å². The molecule has 0 radical (unpaired) electrons. The maximum Gasteiger partial charge on any atom is 0.135 e. The highest BCUT2D eigenvalue weighted by atomic mass is 35.5. The molecule has 0 saturated heterocycles. The fourth-order valence-electron chi connectivity index (χ4n) is 1.16. The van der Waals surface area contributed by atoms with Crippen molar-refractivity contribution in [1.82, 2.24) is 0 Å². The predicted molar refractivity (Wildman–Crippen MR) is 50.8 cm³/mol. The zero-order valence-electron chi connectivity index (χ0n) is 6.18. The number of rotatable bonds is 1. The van der Waals surface area contributed by atoms with E-state index in [0.717, 1.165) is 16.5 Å². The minimum atomic E-state index is 0.431. The first kappa shape index (κ1) is 7.96. The number of alkyl halides is 1. The summed E-state index contributed by atoms with van der Waals surface area (Å²) in [6.45, 7) is 0. The van der Waals surface area contributed by atoms with Crippen LogP contribution in [0.5, 0.6) is 0 Å². The first-order chi connectivity index (χ1) is 5.83. The van der Waals surface area contributed by atoms with Gasteiger partial charge in [0.1, 0.15) is 5.58 Å². The van der Waals surface area contributed by atoms with E-state index in [-0.39, 0.29) is 0 Å². The highest BCUT2D eigenvalue weighted by molar-refractivity contribution is 6.36. The van der Waals surface area contributed by atoms with Crippen LogP contribution in [0.25, 0.3) is 11.0 Å². The number of benzene rings is 1. The Morgan fingerprint density at radius 2 is 2.08 bits per heavy atom. The normalized spacial score (nSPS) is 10.8. The van der Waals surface area contributed by atoms with Crippen LogP contribution in [0.2, 0.25) is 5.02 Å². The second-order valence-electron chi connectivity index (χ2n) is 2.50. The molecule has 0 atom stereocenters. The van der Waals surface area contributed by atoms with Crippen molar-refractivity contribution in [2.45, 2.75) is 5.88 Å². The number of fused-ring (bicyclic) bond motifs is 1. The van der Waals surface area contributed by atoms with Crippen LogP contribution in [0.15, 0.2) is 28.9 Å². The van der Waals surface area contributed by atoms with Crippen LogP contribution in [0.4, 0.5) is 0 Å². The lowest BCUT2D eigenvalue weighted by molar-refractivity contribution is 0.616. The van der Waals surface area contributed by atoms with Crippen LogP contribution >= 0.6 is 23.2 Å². The van der Waals surface area contributed by atoms with Crippen molar-refractivity contribution in [3.05, 3.63) is 35.0 Å². The number of halogens is 2. The predicted octanol–water partition coefficient (Wildman–Crippen LogP) is 3.83. The van der Waals surface area contributed by atoms with E-state index in [9.17, 15) is 0 Å². The lowest BCUT2D eigenvalue weighted by Gasteiger charge is -1.98. The van der Waals surface area contributed by atoms with Gasteiger partial charge in [-0.05, 0) is 17.7 Å². The Morgan fingerprint density at radius 3 is 2.83 bits per heavy atom. The van der Waals surface area contributed by atoms with Crippen molar-refractivity contribution in [2.24, 2.45) is 0 Å². The van der Waals surface area contributed by atoms with E-state index in [4.69, 9.17) is 27.6 Å². The van der Waals surface area contributed by atoms with Gasteiger partial charge in [0.15, 0.2) is 0 Å².